The van der Waals surface area contributed by atoms with E-state index >= 15 is 0 Å². The number of aliphatic hydroxyl groups is 3. The van der Waals surface area contributed by atoms with Crippen molar-refractivity contribution in [2.75, 3.05) is 19.8 Å². The van der Waals surface area contributed by atoms with E-state index in [1.165, 1.54) is 0 Å². The first-order valence-electron chi connectivity index (χ1n) is 8.65. The van der Waals surface area contributed by atoms with Crippen LogP contribution in [-0.2, 0) is 9.47 Å². The maximum Gasteiger partial charge on any atom is 0.340 e. The second-order valence-corrected chi connectivity index (χ2v) is 5.96. The predicted octanol–water partition coefficient (Wildman–Crippen LogP) is 0.104. The summed E-state index contributed by atoms with van der Waals surface area (Å²) in [6, 6.07) is -1.91. The summed E-state index contributed by atoms with van der Waals surface area (Å²) in [6.45, 7) is 3.83. The van der Waals surface area contributed by atoms with Crippen molar-refractivity contribution in [2.24, 2.45) is 5.29 Å². The topological polar surface area (TPSA) is 141 Å². The lowest BCUT2D eigenvalue weighted by Crippen LogP contribution is -2.65. The molecule has 0 aromatic carbocycles. The van der Waals surface area contributed by atoms with Gasteiger partial charge in [-0.05, 0) is 12.8 Å². The molecule has 0 saturated carbocycles. The molecule has 1 rings (SSSR count). The molecule has 2 amide bonds. The Bertz CT molecular complexity index is 413. The summed E-state index contributed by atoms with van der Waals surface area (Å²) >= 11 is 0. The van der Waals surface area contributed by atoms with Gasteiger partial charge in [-0.1, -0.05) is 26.7 Å². The van der Waals surface area contributed by atoms with Crippen molar-refractivity contribution in [2.45, 2.75) is 70.2 Å². The fraction of sp³-hybridized carbons (Fsp3) is 0.933. The molecule has 0 bridgehead atoms. The Labute approximate surface area is 147 Å². The molecule has 0 radical (unpaired) electrons. The summed E-state index contributed by atoms with van der Waals surface area (Å²) in [6.07, 6.45) is -1.96. The van der Waals surface area contributed by atoms with Gasteiger partial charge in [0.15, 0.2) is 6.29 Å². The van der Waals surface area contributed by atoms with Crippen LogP contribution in [0.15, 0.2) is 5.29 Å². The number of aliphatic hydroxyl groups excluding tert-OH is 3. The quantitative estimate of drug-likeness (QED) is 0.245. The number of amides is 2. The van der Waals surface area contributed by atoms with Crippen molar-refractivity contribution in [3.63, 3.8) is 0 Å². The smallest absolute Gasteiger partial charge is 0.340 e. The number of hydrogen-bond acceptors (Lipinski definition) is 8. The van der Waals surface area contributed by atoms with Crippen LogP contribution in [-0.4, -0.2) is 76.8 Å². The van der Waals surface area contributed by atoms with Crippen molar-refractivity contribution < 1.29 is 29.6 Å². The van der Waals surface area contributed by atoms with Crippen LogP contribution in [0.5, 0.6) is 0 Å². The van der Waals surface area contributed by atoms with E-state index in [0.29, 0.717) is 18.0 Å². The number of rotatable bonds is 10. The normalized spacial score (nSPS) is 29.2. The first-order valence-corrected chi connectivity index (χ1v) is 8.65. The minimum absolute atomic E-state index is 0.138. The third-order valence-electron chi connectivity index (χ3n) is 4.01. The van der Waals surface area contributed by atoms with Gasteiger partial charge in [-0.15, -0.1) is 4.91 Å². The van der Waals surface area contributed by atoms with Crippen molar-refractivity contribution >= 4 is 6.03 Å². The Balaban J connectivity index is 2.81. The highest BCUT2D eigenvalue weighted by molar-refractivity contribution is 5.74. The molecule has 1 fully saturated rings. The van der Waals surface area contributed by atoms with E-state index in [-0.39, 0.29) is 6.54 Å². The molecule has 5 atom stereocenters. The average Bonchev–Trinajstić information content (AvgIpc) is 2.61. The summed E-state index contributed by atoms with van der Waals surface area (Å²) in [5, 5.41) is 35.4. The fourth-order valence-corrected chi connectivity index (χ4v) is 2.43. The lowest BCUT2D eigenvalue weighted by Gasteiger charge is -2.42. The number of hydrogen-bond donors (Lipinski definition) is 4. The number of nitroso groups, excluding NO2 is 1. The minimum Gasteiger partial charge on any atom is -0.394 e. The van der Waals surface area contributed by atoms with Gasteiger partial charge in [-0.25, -0.2) is 4.79 Å². The Morgan fingerprint density at radius 3 is 2.48 bits per heavy atom. The second kappa shape index (κ2) is 11.3. The van der Waals surface area contributed by atoms with Gasteiger partial charge in [0.2, 0.25) is 0 Å². The summed E-state index contributed by atoms with van der Waals surface area (Å²) < 4.78 is 11.0. The van der Waals surface area contributed by atoms with E-state index in [2.05, 4.69) is 10.6 Å². The molecule has 0 spiro atoms. The maximum atomic E-state index is 12.2. The predicted molar refractivity (Wildman–Crippen MR) is 88.3 cm³/mol. The molecule has 10 nitrogen and oxygen atoms in total. The van der Waals surface area contributed by atoms with Crippen LogP contribution < -0.4 is 5.32 Å². The molecule has 1 heterocycles. The lowest BCUT2D eigenvalue weighted by atomic mass is 9.97. The van der Waals surface area contributed by atoms with E-state index in [4.69, 9.17) is 9.47 Å². The van der Waals surface area contributed by atoms with Crippen molar-refractivity contribution in [1.29, 1.82) is 0 Å². The Kier molecular flexibility index (Phi) is 9.83. The van der Waals surface area contributed by atoms with Gasteiger partial charge in [0, 0.05) is 13.2 Å². The zero-order valence-electron chi connectivity index (χ0n) is 14.7. The monoisotopic (exact) mass is 363 g/mol. The number of carbonyl (C=O) groups excluding carboxylic acids is 1. The molecule has 25 heavy (non-hydrogen) atoms. The summed E-state index contributed by atoms with van der Waals surface area (Å²) in [4.78, 5) is 23.0. The highest BCUT2D eigenvalue weighted by atomic mass is 16.7. The summed E-state index contributed by atoms with van der Waals surface area (Å²) in [7, 11) is 0. The highest BCUT2D eigenvalue weighted by Crippen LogP contribution is 2.22. The number of nitrogens with zero attached hydrogens (tertiary/aromatic N) is 2. The van der Waals surface area contributed by atoms with Gasteiger partial charge in [0.1, 0.15) is 24.4 Å². The van der Waals surface area contributed by atoms with Gasteiger partial charge < -0.3 is 30.1 Å². The fourth-order valence-electron chi connectivity index (χ4n) is 2.43. The van der Waals surface area contributed by atoms with Crippen LogP contribution in [0.4, 0.5) is 4.79 Å². The Morgan fingerprint density at radius 2 is 1.92 bits per heavy atom. The van der Waals surface area contributed by atoms with Crippen LogP contribution >= 0.6 is 0 Å². The van der Waals surface area contributed by atoms with Gasteiger partial charge in [0.25, 0.3) is 0 Å². The Morgan fingerprint density at radius 1 is 1.24 bits per heavy atom. The van der Waals surface area contributed by atoms with Crippen LogP contribution in [0.2, 0.25) is 0 Å². The number of carbonyl (C=O) groups is 1. The number of ether oxygens (including phenoxy) is 2. The largest absolute Gasteiger partial charge is 0.394 e. The van der Waals surface area contributed by atoms with Crippen LogP contribution in [0, 0.1) is 4.91 Å². The SMILES string of the molecule is CCCCO[C@H]1O[C@H](CO)[C@@H](O)[C@H](O)[C@H]1NC(=O)N(CCCC)N=O. The molecule has 146 valence electrons. The first-order chi connectivity index (χ1) is 12.0. The van der Waals surface area contributed by atoms with Crippen LogP contribution in [0.3, 0.4) is 0 Å². The van der Waals surface area contributed by atoms with E-state index in [1.54, 1.807) is 0 Å². The van der Waals surface area contributed by atoms with Crippen molar-refractivity contribution in [1.82, 2.24) is 10.3 Å². The maximum absolute atomic E-state index is 12.2. The zero-order chi connectivity index (χ0) is 18.8. The van der Waals surface area contributed by atoms with Gasteiger partial charge in [0.05, 0.1) is 11.9 Å². The molecule has 0 aromatic rings. The van der Waals surface area contributed by atoms with E-state index in [9.17, 15) is 25.0 Å². The van der Waals surface area contributed by atoms with Crippen LogP contribution in [0.1, 0.15) is 39.5 Å². The highest BCUT2D eigenvalue weighted by Gasteiger charge is 2.46. The van der Waals surface area contributed by atoms with E-state index in [0.717, 1.165) is 19.3 Å². The molecular formula is C15H29N3O7. The van der Waals surface area contributed by atoms with Gasteiger partial charge in [-0.2, -0.15) is 5.01 Å². The van der Waals surface area contributed by atoms with Gasteiger partial charge >= 0.3 is 6.03 Å². The molecule has 1 aliphatic heterocycles. The molecular weight excluding hydrogens is 334 g/mol. The van der Waals surface area contributed by atoms with E-state index in [1.807, 2.05) is 13.8 Å². The van der Waals surface area contributed by atoms with Gasteiger partial charge in [-0.3, -0.25) is 0 Å². The third kappa shape index (κ3) is 6.15. The number of nitrogens with one attached hydrogen (secondary N) is 1. The number of unbranched alkanes of at least 4 members (excludes halogenated alkanes) is 2. The average molecular weight is 363 g/mol. The molecule has 0 unspecified atom stereocenters. The molecule has 0 aromatic heterocycles. The second-order valence-electron chi connectivity index (χ2n) is 5.96. The van der Waals surface area contributed by atoms with Crippen molar-refractivity contribution in [3.8, 4) is 0 Å². The van der Waals surface area contributed by atoms with Crippen molar-refractivity contribution in [3.05, 3.63) is 4.91 Å². The molecule has 0 aliphatic carbocycles. The summed E-state index contributed by atoms with van der Waals surface area (Å²) in [5.41, 5.74) is 0. The molecule has 1 aliphatic rings. The summed E-state index contributed by atoms with van der Waals surface area (Å²) in [5.74, 6) is 0. The molecule has 1 saturated heterocycles. The number of urea groups is 1. The zero-order valence-corrected chi connectivity index (χ0v) is 14.7. The lowest BCUT2D eigenvalue weighted by molar-refractivity contribution is -0.269. The molecule has 10 heteroatoms. The standard InChI is InChI=1S/C15H29N3O7/c1-3-5-7-18(17-23)15(22)16-11-13(21)12(20)10(9-19)25-14(11)24-8-6-4-2/h10-14,19-21H,3-9H2,1-2H3,(H,16,22)/t10-,11-,12-,13-,14+/m1/s1. The van der Waals surface area contributed by atoms with Crippen LogP contribution in [0.25, 0.3) is 0 Å². The van der Waals surface area contributed by atoms with E-state index < -0.39 is 43.3 Å². The molecule has 4 N–H and O–H groups in total. The first kappa shape index (κ1) is 21.7. The third-order valence-corrected chi connectivity index (χ3v) is 4.01. The minimum atomic E-state index is -1.43. The Hall–Kier alpha value is -1.33.